The Morgan fingerprint density at radius 1 is 1.20 bits per heavy atom. The van der Waals surface area contributed by atoms with E-state index in [2.05, 4.69) is 11.4 Å². The summed E-state index contributed by atoms with van der Waals surface area (Å²) >= 11 is 0. The first-order valence-corrected chi connectivity index (χ1v) is 8.64. The van der Waals surface area contributed by atoms with Crippen molar-refractivity contribution in [2.24, 2.45) is 0 Å². The number of hydrogen-bond donors (Lipinski definition) is 1. The molecule has 6 nitrogen and oxygen atoms in total. The van der Waals surface area contributed by atoms with Crippen LogP contribution >= 0.6 is 0 Å². The molecule has 1 aromatic carbocycles. The Morgan fingerprint density at radius 3 is 2.68 bits per heavy atom. The third-order valence-corrected chi connectivity index (χ3v) is 5.20. The molecule has 1 aromatic rings. The summed E-state index contributed by atoms with van der Waals surface area (Å²) < 4.78 is 5.49. The average molecular weight is 352 g/mol. The van der Waals surface area contributed by atoms with E-state index in [1.54, 1.807) is 0 Å². The molecule has 1 saturated carbocycles. The number of nitrogens with one attached hydrogen (secondary N) is 1. The zero-order valence-corrected chi connectivity index (χ0v) is 16.5. The first kappa shape index (κ1) is 18.7. The molecule has 2 atom stereocenters. The Balaban J connectivity index is 0.00000182. The van der Waals surface area contributed by atoms with E-state index in [9.17, 15) is 14.7 Å². The second kappa shape index (κ2) is 7.66. The molecule has 1 aliphatic carbocycles. The van der Waals surface area contributed by atoms with Crippen molar-refractivity contribution in [2.45, 2.75) is 56.8 Å². The first-order chi connectivity index (χ1) is 11.6. The molecular formula is C18H21N2NaO4. The number of carboxylic acid groups (broad SMARTS) is 1. The predicted octanol–water partition coefficient (Wildman–Crippen LogP) is -3.01. The molecule has 1 saturated heterocycles. The van der Waals surface area contributed by atoms with Gasteiger partial charge in [0, 0.05) is 19.0 Å². The SMILES string of the molecule is O=C([O-])C1CCC(C(=O)NCc2ccc3c(c2)CCO3)N1C1CC1.[Na+]. The normalized spacial score (nSPS) is 25.0. The molecule has 0 spiro atoms. The first-order valence-electron chi connectivity index (χ1n) is 8.64. The van der Waals surface area contributed by atoms with Crippen molar-refractivity contribution < 1.29 is 49.0 Å². The number of amides is 1. The van der Waals surface area contributed by atoms with Crippen molar-refractivity contribution in [1.82, 2.24) is 10.2 Å². The minimum atomic E-state index is -1.06. The molecule has 128 valence electrons. The second-order valence-corrected chi connectivity index (χ2v) is 6.86. The van der Waals surface area contributed by atoms with Gasteiger partial charge in [-0.2, -0.15) is 0 Å². The van der Waals surface area contributed by atoms with E-state index >= 15 is 0 Å². The van der Waals surface area contributed by atoms with Gasteiger partial charge in [0.1, 0.15) is 5.75 Å². The van der Waals surface area contributed by atoms with Crippen LogP contribution in [0.3, 0.4) is 0 Å². The number of aliphatic carboxylic acids is 1. The van der Waals surface area contributed by atoms with Crippen molar-refractivity contribution in [3.8, 4) is 5.75 Å². The zero-order valence-electron chi connectivity index (χ0n) is 14.5. The molecule has 25 heavy (non-hydrogen) atoms. The molecule has 0 bridgehead atoms. The molecule has 2 heterocycles. The van der Waals surface area contributed by atoms with E-state index in [-0.39, 0.29) is 47.5 Å². The summed E-state index contributed by atoms with van der Waals surface area (Å²) in [6.07, 6.45) is 3.92. The van der Waals surface area contributed by atoms with Gasteiger partial charge in [-0.05, 0) is 42.9 Å². The van der Waals surface area contributed by atoms with Crippen LogP contribution in [0.25, 0.3) is 0 Å². The monoisotopic (exact) mass is 352 g/mol. The molecule has 7 heteroatoms. The van der Waals surface area contributed by atoms with E-state index in [0.717, 1.165) is 30.6 Å². The molecule has 2 unspecified atom stereocenters. The van der Waals surface area contributed by atoms with E-state index in [0.29, 0.717) is 26.0 Å². The van der Waals surface area contributed by atoms with Gasteiger partial charge in [-0.15, -0.1) is 0 Å². The van der Waals surface area contributed by atoms with Crippen LogP contribution in [0.5, 0.6) is 5.75 Å². The molecule has 2 fully saturated rings. The average Bonchev–Trinajstić information content (AvgIpc) is 3.13. The fraction of sp³-hybridized carbons (Fsp3) is 0.556. The molecular weight excluding hydrogens is 331 g/mol. The Morgan fingerprint density at radius 2 is 1.96 bits per heavy atom. The number of fused-ring (bicyclic) bond motifs is 1. The number of hydrogen-bond acceptors (Lipinski definition) is 5. The van der Waals surface area contributed by atoms with Crippen molar-refractivity contribution in [1.29, 1.82) is 0 Å². The van der Waals surface area contributed by atoms with Gasteiger partial charge in [-0.1, -0.05) is 12.1 Å². The topological polar surface area (TPSA) is 81.7 Å². The van der Waals surface area contributed by atoms with E-state index in [1.807, 2.05) is 17.0 Å². The summed E-state index contributed by atoms with van der Waals surface area (Å²) in [5.41, 5.74) is 2.22. The van der Waals surface area contributed by atoms with E-state index in [1.165, 1.54) is 5.56 Å². The Kier molecular flexibility index (Phi) is 5.73. The molecule has 0 radical (unpaired) electrons. The van der Waals surface area contributed by atoms with Gasteiger partial charge in [0.05, 0.1) is 24.7 Å². The van der Waals surface area contributed by atoms with E-state index < -0.39 is 12.0 Å². The van der Waals surface area contributed by atoms with Gasteiger partial charge in [0.15, 0.2) is 0 Å². The summed E-state index contributed by atoms with van der Waals surface area (Å²) in [5.74, 6) is -0.212. The van der Waals surface area contributed by atoms with Crippen molar-refractivity contribution in [3.63, 3.8) is 0 Å². The fourth-order valence-corrected chi connectivity index (χ4v) is 3.88. The maximum atomic E-state index is 12.6. The molecule has 2 aliphatic heterocycles. The summed E-state index contributed by atoms with van der Waals surface area (Å²) in [6, 6.07) is 5.23. The molecule has 3 aliphatic rings. The number of rotatable bonds is 5. The Bertz CT molecular complexity index is 677. The van der Waals surface area contributed by atoms with Crippen LogP contribution in [0.1, 0.15) is 36.8 Å². The molecule has 1 amide bonds. The number of nitrogens with zero attached hydrogens (tertiary/aromatic N) is 1. The van der Waals surface area contributed by atoms with Crippen LogP contribution in [0.4, 0.5) is 0 Å². The molecule has 1 N–H and O–H groups in total. The molecule has 4 rings (SSSR count). The quantitative estimate of drug-likeness (QED) is 0.571. The third-order valence-electron chi connectivity index (χ3n) is 5.20. The largest absolute Gasteiger partial charge is 1.00 e. The van der Waals surface area contributed by atoms with Crippen LogP contribution in [-0.4, -0.2) is 41.5 Å². The van der Waals surface area contributed by atoms with Crippen molar-refractivity contribution >= 4 is 11.9 Å². The number of likely N-dealkylation sites (tertiary alicyclic amines) is 1. The van der Waals surface area contributed by atoms with Crippen LogP contribution in [-0.2, 0) is 22.6 Å². The molecule has 0 aromatic heterocycles. The van der Waals surface area contributed by atoms with Gasteiger partial charge in [-0.25, -0.2) is 0 Å². The van der Waals surface area contributed by atoms with Crippen LogP contribution in [0.15, 0.2) is 18.2 Å². The second-order valence-electron chi connectivity index (χ2n) is 6.86. The van der Waals surface area contributed by atoms with Gasteiger partial charge in [0.25, 0.3) is 0 Å². The maximum Gasteiger partial charge on any atom is 1.00 e. The number of carboxylic acids is 1. The predicted molar refractivity (Wildman–Crippen MR) is 84.2 cm³/mol. The van der Waals surface area contributed by atoms with E-state index in [4.69, 9.17) is 4.74 Å². The van der Waals surface area contributed by atoms with Crippen molar-refractivity contribution in [3.05, 3.63) is 29.3 Å². The van der Waals surface area contributed by atoms with Crippen LogP contribution < -0.4 is 44.7 Å². The van der Waals surface area contributed by atoms with Gasteiger partial charge in [-0.3, -0.25) is 9.69 Å². The number of ether oxygens (including phenoxy) is 1. The smallest absolute Gasteiger partial charge is 0.548 e. The number of carbonyl (C=O) groups is 2. The third kappa shape index (κ3) is 3.87. The Hall–Kier alpha value is -1.08. The summed E-state index contributed by atoms with van der Waals surface area (Å²) in [6.45, 7) is 1.17. The maximum absolute atomic E-state index is 12.6. The van der Waals surface area contributed by atoms with Gasteiger partial charge in [0.2, 0.25) is 5.91 Å². The number of benzene rings is 1. The zero-order chi connectivity index (χ0) is 16.7. The standard InChI is InChI=1S/C18H22N2O4.Na/c21-17(14-4-5-15(18(22)23)20(14)13-2-3-13)19-10-11-1-6-16-12(9-11)7-8-24-16;/h1,6,9,13-15H,2-5,7-8,10H2,(H,19,21)(H,22,23);/q;+1/p-1. The van der Waals surface area contributed by atoms with Crippen LogP contribution in [0.2, 0.25) is 0 Å². The van der Waals surface area contributed by atoms with Gasteiger partial charge >= 0.3 is 29.6 Å². The van der Waals surface area contributed by atoms with Crippen molar-refractivity contribution in [2.75, 3.05) is 6.61 Å². The number of carbonyl (C=O) groups excluding carboxylic acids is 2. The minimum absolute atomic E-state index is 0. The Labute approximate surface area is 169 Å². The summed E-state index contributed by atoms with van der Waals surface area (Å²) in [7, 11) is 0. The summed E-state index contributed by atoms with van der Waals surface area (Å²) in [4.78, 5) is 25.7. The summed E-state index contributed by atoms with van der Waals surface area (Å²) in [5, 5.41) is 14.3. The minimum Gasteiger partial charge on any atom is -0.548 e. The fourth-order valence-electron chi connectivity index (χ4n) is 3.88. The van der Waals surface area contributed by atoms with Gasteiger partial charge < -0.3 is 20.0 Å². The van der Waals surface area contributed by atoms with Crippen LogP contribution in [0, 0.1) is 0 Å².